The van der Waals surface area contributed by atoms with Gasteiger partial charge in [-0.1, -0.05) is 38.1 Å². The van der Waals surface area contributed by atoms with E-state index in [-0.39, 0.29) is 17.6 Å². The lowest BCUT2D eigenvalue weighted by Gasteiger charge is -2.26. The summed E-state index contributed by atoms with van der Waals surface area (Å²) in [6.45, 7) is 8.05. The van der Waals surface area contributed by atoms with Crippen LogP contribution >= 0.6 is 0 Å². The maximum Gasteiger partial charge on any atom is 0.263 e. The van der Waals surface area contributed by atoms with E-state index in [1.54, 1.807) is 34.9 Å². The summed E-state index contributed by atoms with van der Waals surface area (Å²) in [5.41, 5.74) is 1.53. The Kier molecular flexibility index (Phi) is 6.98. The van der Waals surface area contributed by atoms with Gasteiger partial charge < -0.3 is 19.6 Å². The second-order valence-corrected chi connectivity index (χ2v) is 7.97. The van der Waals surface area contributed by atoms with Gasteiger partial charge in [-0.25, -0.2) is 0 Å². The Bertz CT molecular complexity index is 896. The molecule has 1 unspecified atom stereocenters. The summed E-state index contributed by atoms with van der Waals surface area (Å²) in [6, 6.07) is 14.2. The number of aromatic hydroxyl groups is 1. The highest BCUT2D eigenvalue weighted by Crippen LogP contribution is 2.27. The average molecular weight is 411 g/mol. The van der Waals surface area contributed by atoms with E-state index in [1.165, 1.54) is 6.07 Å². The van der Waals surface area contributed by atoms with Crippen LogP contribution in [-0.2, 0) is 4.79 Å². The second kappa shape index (κ2) is 9.65. The lowest BCUT2D eigenvalue weighted by Crippen LogP contribution is -2.43. The Labute approximate surface area is 178 Å². The van der Waals surface area contributed by atoms with Crippen molar-refractivity contribution in [2.45, 2.75) is 39.2 Å². The van der Waals surface area contributed by atoms with Crippen molar-refractivity contribution >= 4 is 11.8 Å². The van der Waals surface area contributed by atoms with Crippen molar-refractivity contribution in [2.24, 2.45) is 0 Å². The Morgan fingerprint density at radius 3 is 2.37 bits per heavy atom. The lowest BCUT2D eigenvalue weighted by molar-refractivity contribution is -0.137. The molecule has 6 nitrogen and oxygen atoms in total. The summed E-state index contributed by atoms with van der Waals surface area (Å²) in [4.78, 5) is 29.3. The first-order valence-corrected chi connectivity index (χ1v) is 10.5. The standard InChI is InChI=1S/C24H30N2O4/c1-17(2)21-10-4-5-11-22(21)30-18(3)23(28)25-12-7-13-26(15-14-25)24(29)19-8-6-9-20(27)16-19/h4-6,8-11,16-18,27H,7,12-15H2,1-3H3. The number of hydrogen-bond acceptors (Lipinski definition) is 4. The van der Waals surface area contributed by atoms with Gasteiger partial charge in [-0.05, 0) is 49.1 Å². The number of rotatable bonds is 5. The number of phenols is 1. The number of phenolic OH excluding ortho intramolecular Hbond substituents is 1. The van der Waals surface area contributed by atoms with E-state index in [1.807, 2.05) is 24.3 Å². The molecule has 160 valence electrons. The maximum atomic E-state index is 13.0. The summed E-state index contributed by atoms with van der Waals surface area (Å²) in [5.74, 6) is 0.915. The summed E-state index contributed by atoms with van der Waals surface area (Å²) in [7, 11) is 0. The van der Waals surface area contributed by atoms with Crippen LogP contribution in [0.1, 0.15) is 49.0 Å². The third kappa shape index (κ3) is 5.12. The predicted octanol–water partition coefficient (Wildman–Crippen LogP) is 3.66. The normalized spacial score (nSPS) is 15.6. The summed E-state index contributed by atoms with van der Waals surface area (Å²) in [5, 5.41) is 9.63. The van der Waals surface area contributed by atoms with Gasteiger partial charge in [0, 0.05) is 31.7 Å². The Hall–Kier alpha value is -3.02. The number of carbonyl (C=O) groups is 2. The highest BCUT2D eigenvalue weighted by Gasteiger charge is 2.27. The summed E-state index contributed by atoms with van der Waals surface area (Å²) < 4.78 is 6.02. The van der Waals surface area contributed by atoms with Gasteiger partial charge in [0.25, 0.3) is 11.8 Å². The minimum atomic E-state index is -0.599. The second-order valence-electron chi connectivity index (χ2n) is 7.97. The summed E-state index contributed by atoms with van der Waals surface area (Å²) in [6.07, 6.45) is 0.101. The molecule has 2 aromatic rings. The van der Waals surface area contributed by atoms with E-state index in [0.717, 1.165) is 11.3 Å². The average Bonchev–Trinajstić information content (AvgIpc) is 2.99. The van der Waals surface area contributed by atoms with Crippen LogP contribution in [0, 0.1) is 0 Å². The zero-order chi connectivity index (χ0) is 21.7. The molecule has 2 aromatic carbocycles. The number of hydrogen-bond donors (Lipinski definition) is 1. The molecule has 6 heteroatoms. The van der Waals surface area contributed by atoms with Crippen LogP contribution in [0.5, 0.6) is 11.5 Å². The molecule has 0 aromatic heterocycles. The van der Waals surface area contributed by atoms with Gasteiger partial charge in [-0.2, -0.15) is 0 Å². The number of amides is 2. The van der Waals surface area contributed by atoms with Gasteiger partial charge in [0.15, 0.2) is 6.10 Å². The molecule has 30 heavy (non-hydrogen) atoms. The first kappa shape index (κ1) is 21.7. The zero-order valence-electron chi connectivity index (χ0n) is 17.9. The van der Waals surface area contributed by atoms with E-state index < -0.39 is 6.10 Å². The van der Waals surface area contributed by atoms with Crippen LogP contribution in [-0.4, -0.2) is 59.0 Å². The lowest BCUT2D eigenvalue weighted by atomic mass is 10.0. The van der Waals surface area contributed by atoms with Crippen molar-refractivity contribution in [1.29, 1.82) is 0 Å². The molecule has 0 spiro atoms. The first-order valence-electron chi connectivity index (χ1n) is 10.5. The van der Waals surface area contributed by atoms with E-state index in [2.05, 4.69) is 13.8 Å². The van der Waals surface area contributed by atoms with Crippen LogP contribution in [0.3, 0.4) is 0 Å². The van der Waals surface area contributed by atoms with E-state index >= 15 is 0 Å². The van der Waals surface area contributed by atoms with Crippen LogP contribution in [0.25, 0.3) is 0 Å². The molecule has 1 aliphatic heterocycles. The van der Waals surface area contributed by atoms with Crippen LogP contribution in [0.15, 0.2) is 48.5 Å². The fourth-order valence-corrected chi connectivity index (χ4v) is 3.73. The molecule has 3 rings (SSSR count). The molecule has 0 saturated carbocycles. The molecule has 1 N–H and O–H groups in total. The third-order valence-corrected chi connectivity index (χ3v) is 5.38. The molecule has 0 aliphatic carbocycles. The number of carbonyl (C=O) groups excluding carboxylic acids is 2. The van der Waals surface area contributed by atoms with Crippen molar-refractivity contribution < 1.29 is 19.4 Å². The molecule has 1 saturated heterocycles. The Morgan fingerprint density at radius 2 is 1.63 bits per heavy atom. The fourth-order valence-electron chi connectivity index (χ4n) is 3.73. The number of benzene rings is 2. The third-order valence-electron chi connectivity index (χ3n) is 5.38. The van der Waals surface area contributed by atoms with Crippen LogP contribution in [0.2, 0.25) is 0 Å². The smallest absolute Gasteiger partial charge is 0.263 e. The molecule has 2 amide bonds. The molecule has 0 radical (unpaired) electrons. The van der Waals surface area contributed by atoms with Gasteiger partial charge >= 0.3 is 0 Å². The number of ether oxygens (including phenoxy) is 1. The minimum Gasteiger partial charge on any atom is -0.508 e. The highest BCUT2D eigenvalue weighted by atomic mass is 16.5. The first-order chi connectivity index (χ1) is 14.4. The van der Waals surface area contributed by atoms with Crippen molar-refractivity contribution in [3.8, 4) is 11.5 Å². The Balaban J connectivity index is 1.62. The van der Waals surface area contributed by atoms with Gasteiger partial charge in [0.1, 0.15) is 11.5 Å². The van der Waals surface area contributed by atoms with Crippen molar-refractivity contribution in [3.05, 3.63) is 59.7 Å². The zero-order valence-corrected chi connectivity index (χ0v) is 17.9. The molecule has 1 heterocycles. The summed E-state index contributed by atoms with van der Waals surface area (Å²) >= 11 is 0. The van der Waals surface area contributed by atoms with Crippen molar-refractivity contribution in [3.63, 3.8) is 0 Å². The number of para-hydroxylation sites is 1. The maximum absolute atomic E-state index is 13.0. The van der Waals surface area contributed by atoms with Crippen molar-refractivity contribution in [2.75, 3.05) is 26.2 Å². The SMILES string of the molecule is CC(Oc1ccccc1C(C)C)C(=O)N1CCCN(C(=O)c2cccc(O)c2)CC1. The largest absolute Gasteiger partial charge is 0.508 e. The van der Waals surface area contributed by atoms with Crippen LogP contribution in [0.4, 0.5) is 0 Å². The Morgan fingerprint density at radius 1 is 0.933 bits per heavy atom. The molecule has 1 aliphatic rings. The molecule has 1 fully saturated rings. The fraction of sp³-hybridized carbons (Fsp3) is 0.417. The molecular formula is C24H30N2O4. The van der Waals surface area contributed by atoms with Gasteiger partial charge in [0.05, 0.1) is 0 Å². The number of nitrogens with zero attached hydrogens (tertiary/aromatic N) is 2. The van der Waals surface area contributed by atoms with E-state index in [4.69, 9.17) is 4.74 Å². The quantitative estimate of drug-likeness (QED) is 0.817. The monoisotopic (exact) mass is 410 g/mol. The van der Waals surface area contributed by atoms with Crippen molar-refractivity contribution in [1.82, 2.24) is 9.80 Å². The molecular weight excluding hydrogens is 380 g/mol. The van der Waals surface area contributed by atoms with E-state index in [0.29, 0.717) is 44.1 Å². The molecule has 1 atom stereocenters. The highest BCUT2D eigenvalue weighted by molar-refractivity contribution is 5.94. The van der Waals surface area contributed by atoms with Gasteiger partial charge in [-0.15, -0.1) is 0 Å². The van der Waals surface area contributed by atoms with Gasteiger partial charge in [0.2, 0.25) is 0 Å². The van der Waals surface area contributed by atoms with Crippen LogP contribution < -0.4 is 4.74 Å². The minimum absolute atomic E-state index is 0.0692. The van der Waals surface area contributed by atoms with Gasteiger partial charge in [-0.3, -0.25) is 9.59 Å². The molecule has 0 bridgehead atoms. The topological polar surface area (TPSA) is 70.1 Å². The van der Waals surface area contributed by atoms with E-state index in [9.17, 15) is 14.7 Å². The predicted molar refractivity (Wildman–Crippen MR) is 116 cm³/mol.